The second-order valence-electron chi connectivity index (χ2n) is 3.63. The molecule has 0 aliphatic rings. The maximum Gasteiger partial charge on any atom is 0.418 e. The van der Waals surface area contributed by atoms with E-state index in [1.807, 2.05) is 0 Å². The van der Waals surface area contributed by atoms with Gasteiger partial charge in [0.2, 0.25) is 0 Å². The maximum atomic E-state index is 12.6. The van der Waals surface area contributed by atoms with Crippen molar-refractivity contribution in [2.75, 3.05) is 11.1 Å². The zero-order chi connectivity index (χ0) is 13.2. The summed E-state index contributed by atoms with van der Waals surface area (Å²) in [5.41, 5.74) is 4.45. The molecular weight excluding hydrogens is 247 g/mol. The van der Waals surface area contributed by atoms with E-state index >= 15 is 0 Å². The summed E-state index contributed by atoms with van der Waals surface area (Å²) in [6.07, 6.45) is -3.00. The van der Waals surface area contributed by atoms with E-state index in [1.54, 1.807) is 6.07 Å². The molecule has 0 amide bonds. The molecule has 4 nitrogen and oxygen atoms in total. The highest BCUT2D eigenvalue weighted by Crippen LogP contribution is 2.35. The van der Waals surface area contributed by atoms with Gasteiger partial charge in [-0.1, -0.05) is 5.16 Å². The molecule has 0 saturated heterocycles. The second kappa shape index (κ2) is 4.59. The standard InChI is InChI=1S/C11H10F3N3O/c12-11(13,14)9-5-7(1-2-10(9)15)16-6-8-3-4-17-18-8/h1-5,16H,6,15H2. The molecule has 3 N–H and O–H groups in total. The topological polar surface area (TPSA) is 64.1 Å². The number of anilines is 2. The van der Waals surface area contributed by atoms with E-state index in [0.717, 1.165) is 6.07 Å². The SMILES string of the molecule is Nc1ccc(NCc2ccno2)cc1C(F)(F)F. The minimum atomic E-state index is -4.46. The number of halogens is 3. The summed E-state index contributed by atoms with van der Waals surface area (Å²) in [5, 5.41) is 6.29. The largest absolute Gasteiger partial charge is 0.418 e. The highest BCUT2D eigenvalue weighted by Gasteiger charge is 2.33. The molecule has 2 rings (SSSR count). The predicted molar refractivity (Wildman–Crippen MR) is 59.7 cm³/mol. The van der Waals surface area contributed by atoms with Gasteiger partial charge < -0.3 is 15.6 Å². The molecule has 2 aromatic rings. The quantitative estimate of drug-likeness (QED) is 0.830. The van der Waals surface area contributed by atoms with Crippen LogP contribution >= 0.6 is 0 Å². The van der Waals surface area contributed by atoms with Crippen molar-refractivity contribution in [3.05, 3.63) is 41.8 Å². The van der Waals surface area contributed by atoms with Crippen LogP contribution in [-0.4, -0.2) is 5.16 Å². The van der Waals surface area contributed by atoms with Crippen LogP contribution < -0.4 is 11.1 Å². The van der Waals surface area contributed by atoms with Gasteiger partial charge in [-0.25, -0.2) is 0 Å². The summed E-state index contributed by atoms with van der Waals surface area (Å²) in [5.74, 6) is 0.528. The molecule has 0 aliphatic carbocycles. The van der Waals surface area contributed by atoms with Crippen LogP contribution in [0, 0.1) is 0 Å². The first-order chi connectivity index (χ1) is 8.47. The molecule has 0 fully saturated rings. The lowest BCUT2D eigenvalue weighted by Crippen LogP contribution is -2.10. The summed E-state index contributed by atoms with van der Waals surface area (Å²) in [4.78, 5) is 0. The van der Waals surface area contributed by atoms with Crippen LogP contribution in [0.5, 0.6) is 0 Å². The van der Waals surface area contributed by atoms with E-state index in [0.29, 0.717) is 11.4 Å². The van der Waals surface area contributed by atoms with Crippen LogP contribution in [0.25, 0.3) is 0 Å². The summed E-state index contributed by atoms with van der Waals surface area (Å²) in [6.45, 7) is 0.251. The molecule has 0 radical (unpaired) electrons. The Balaban J connectivity index is 2.15. The number of hydrogen-bond acceptors (Lipinski definition) is 4. The number of nitrogen functional groups attached to an aromatic ring is 1. The monoisotopic (exact) mass is 257 g/mol. The van der Waals surface area contributed by atoms with E-state index in [2.05, 4.69) is 10.5 Å². The number of aromatic nitrogens is 1. The van der Waals surface area contributed by atoms with Gasteiger partial charge >= 0.3 is 6.18 Å². The Bertz CT molecular complexity index is 523. The van der Waals surface area contributed by atoms with Crippen molar-refractivity contribution in [3.8, 4) is 0 Å². The van der Waals surface area contributed by atoms with Crippen molar-refractivity contribution in [1.29, 1.82) is 0 Å². The third kappa shape index (κ3) is 2.73. The third-order valence-electron chi connectivity index (χ3n) is 2.32. The summed E-state index contributed by atoms with van der Waals surface area (Å²) in [6, 6.07) is 5.27. The Morgan fingerprint density at radius 3 is 2.67 bits per heavy atom. The minimum absolute atomic E-state index is 0.251. The zero-order valence-electron chi connectivity index (χ0n) is 9.16. The highest BCUT2D eigenvalue weighted by atomic mass is 19.4. The summed E-state index contributed by atoms with van der Waals surface area (Å²) in [7, 11) is 0. The first kappa shape index (κ1) is 12.3. The Hall–Kier alpha value is -2.18. The smallest absolute Gasteiger partial charge is 0.398 e. The van der Waals surface area contributed by atoms with Gasteiger partial charge in [0, 0.05) is 17.4 Å². The van der Waals surface area contributed by atoms with E-state index < -0.39 is 11.7 Å². The van der Waals surface area contributed by atoms with Gasteiger partial charge in [-0.2, -0.15) is 13.2 Å². The Morgan fingerprint density at radius 2 is 2.06 bits per heavy atom. The van der Waals surface area contributed by atoms with Crippen LogP contribution in [0.1, 0.15) is 11.3 Å². The number of nitrogens with zero attached hydrogens (tertiary/aromatic N) is 1. The lowest BCUT2D eigenvalue weighted by molar-refractivity contribution is -0.136. The Kier molecular flexibility index (Phi) is 3.14. The highest BCUT2D eigenvalue weighted by molar-refractivity contribution is 5.58. The van der Waals surface area contributed by atoms with E-state index in [9.17, 15) is 13.2 Å². The Labute approximate surface area is 101 Å². The van der Waals surface area contributed by atoms with Crippen LogP contribution in [0.3, 0.4) is 0 Å². The number of rotatable bonds is 3. The molecule has 0 spiro atoms. The number of benzene rings is 1. The molecule has 0 unspecified atom stereocenters. The van der Waals surface area contributed by atoms with Gasteiger partial charge in [-0.3, -0.25) is 0 Å². The normalized spacial score (nSPS) is 11.5. The first-order valence-corrected chi connectivity index (χ1v) is 5.07. The average Bonchev–Trinajstić information content (AvgIpc) is 2.79. The van der Waals surface area contributed by atoms with Crippen molar-refractivity contribution in [1.82, 2.24) is 5.16 Å². The van der Waals surface area contributed by atoms with Crippen LogP contribution in [0.4, 0.5) is 24.5 Å². The van der Waals surface area contributed by atoms with Gasteiger partial charge in [0.05, 0.1) is 18.3 Å². The Morgan fingerprint density at radius 1 is 1.28 bits per heavy atom. The van der Waals surface area contributed by atoms with Crippen molar-refractivity contribution >= 4 is 11.4 Å². The first-order valence-electron chi connectivity index (χ1n) is 5.07. The predicted octanol–water partition coefficient (Wildman–Crippen LogP) is 2.89. The molecule has 0 bridgehead atoms. The molecule has 96 valence electrons. The van der Waals surface area contributed by atoms with Crippen molar-refractivity contribution in [3.63, 3.8) is 0 Å². The van der Waals surface area contributed by atoms with Crippen molar-refractivity contribution in [2.24, 2.45) is 0 Å². The van der Waals surface area contributed by atoms with Crippen LogP contribution in [0.15, 0.2) is 35.0 Å². The number of alkyl halides is 3. The molecule has 0 saturated carbocycles. The summed E-state index contributed by atoms with van der Waals surface area (Å²) >= 11 is 0. The van der Waals surface area contributed by atoms with Crippen LogP contribution in [0.2, 0.25) is 0 Å². The fourth-order valence-electron chi connectivity index (χ4n) is 1.43. The lowest BCUT2D eigenvalue weighted by atomic mass is 10.1. The maximum absolute atomic E-state index is 12.6. The van der Waals surface area contributed by atoms with E-state index in [1.165, 1.54) is 18.3 Å². The molecule has 0 atom stereocenters. The fraction of sp³-hybridized carbons (Fsp3) is 0.182. The molecule has 7 heteroatoms. The lowest BCUT2D eigenvalue weighted by Gasteiger charge is -2.12. The van der Waals surface area contributed by atoms with Gasteiger partial charge in [0.1, 0.15) is 0 Å². The number of hydrogen-bond donors (Lipinski definition) is 2. The van der Waals surface area contributed by atoms with Gasteiger partial charge in [0.25, 0.3) is 0 Å². The van der Waals surface area contributed by atoms with Crippen molar-refractivity contribution < 1.29 is 17.7 Å². The summed E-state index contributed by atoms with van der Waals surface area (Å²) < 4.78 is 42.6. The molecule has 1 heterocycles. The minimum Gasteiger partial charge on any atom is -0.398 e. The molecule has 1 aromatic carbocycles. The molecule has 1 aromatic heterocycles. The van der Waals surface area contributed by atoms with Crippen molar-refractivity contribution in [2.45, 2.75) is 12.7 Å². The van der Waals surface area contributed by atoms with Gasteiger partial charge in [-0.05, 0) is 18.2 Å². The number of nitrogens with two attached hydrogens (primary N) is 1. The van der Waals surface area contributed by atoms with E-state index in [-0.39, 0.29) is 12.2 Å². The zero-order valence-corrected chi connectivity index (χ0v) is 9.16. The third-order valence-corrected chi connectivity index (χ3v) is 2.32. The van der Waals surface area contributed by atoms with Gasteiger partial charge in [-0.15, -0.1) is 0 Å². The number of nitrogens with one attached hydrogen (secondary N) is 1. The van der Waals surface area contributed by atoms with Crippen LogP contribution in [-0.2, 0) is 12.7 Å². The van der Waals surface area contributed by atoms with Gasteiger partial charge in [0.15, 0.2) is 5.76 Å². The fourth-order valence-corrected chi connectivity index (χ4v) is 1.43. The molecule has 0 aliphatic heterocycles. The molecular formula is C11H10F3N3O. The second-order valence-corrected chi connectivity index (χ2v) is 3.63. The average molecular weight is 257 g/mol. The molecule has 18 heavy (non-hydrogen) atoms. The van der Waals surface area contributed by atoms with E-state index in [4.69, 9.17) is 10.3 Å².